The van der Waals surface area contributed by atoms with Crippen LogP contribution in [0.15, 0.2) is 146 Å². The highest BCUT2D eigenvalue weighted by atomic mass is 16.6. The van der Waals surface area contributed by atoms with E-state index in [-0.39, 0.29) is 37.5 Å². The number of carbonyl (C=O) groups is 3. The fraction of sp³-hybridized carbons (Fsp3) is 0.649. The van der Waals surface area contributed by atoms with Gasteiger partial charge in [0.2, 0.25) is 0 Å². The maximum atomic E-state index is 12.9. The number of hydrogen-bond acceptors (Lipinski definition) is 6. The molecule has 0 spiro atoms. The van der Waals surface area contributed by atoms with Crippen molar-refractivity contribution in [1.82, 2.24) is 0 Å². The van der Waals surface area contributed by atoms with Crippen LogP contribution < -0.4 is 0 Å². The molecule has 0 aromatic rings. The molecule has 0 saturated heterocycles. The molecule has 1 unspecified atom stereocenters. The van der Waals surface area contributed by atoms with Crippen LogP contribution in [0.3, 0.4) is 0 Å². The average molecular weight is 1150 g/mol. The lowest BCUT2D eigenvalue weighted by atomic mass is 10.0. The molecule has 0 heterocycles. The molecule has 1 atom stereocenters. The summed E-state index contributed by atoms with van der Waals surface area (Å²) in [7, 11) is 0. The lowest BCUT2D eigenvalue weighted by Gasteiger charge is -2.18. The van der Waals surface area contributed by atoms with Crippen LogP contribution in [0.25, 0.3) is 0 Å². The zero-order valence-electron chi connectivity index (χ0n) is 53.9. The first-order chi connectivity index (χ1) is 41.0. The summed E-state index contributed by atoms with van der Waals surface area (Å²) in [6, 6.07) is 0. The largest absolute Gasteiger partial charge is 0.462 e. The Morgan fingerprint density at radius 1 is 0.253 bits per heavy atom. The highest BCUT2D eigenvalue weighted by molar-refractivity contribution is 5.71. The zero-order chi connectivity index (χ0) is 59.9. The van der Waals surface area contributed by atoms with Crippen LogP contribution in [-0.2, 0) is 28.6 Å². The van der Waals surface area contributed by atoms with Crippen molar-refractivity contribution >= 4 is 17.9 Å². The lowest BCUT2D eigenvalue weighted by Crippen LogP contribution is -2.30. The maximum Gasteiger partial charge on any atom is 0.306 e. The zero-order valence-corrected chi connectivity index (χ0v) is 53.9. The topological polar surface area (TPSA) is 78.9 Å². The molecule has 470 valence electrons. The van der Waals surface area contributed by atoms with Gasteiger partial charge in [-0.05, 0) is 141 Å². The normalized spacial score (nSPS) is 13.0. The molecule has 6 nitrogen and oxygen atoms in total. The molecule has 0 radical (unpaired) electrons. The van der Waals surface area contributed by atoms with Crippen molar-refractivity contribution in [3.63, 3.8) is 0 Å². The van der Waals surface area contributed by atoms with E-state index >= 15 is 0 Å². The van der Waals surface area contributed by atoms with Gasteiger partial charge in [-0.25, -0.2) is 0 Å². The van der Waals surface area contributed by atoms with Gasteiger partial charge in [0.15, 0.2) is 6.10 Å². The standard InChI is InChI=1S/C77H126O6/c1-4-7-10-13-16-19-22-25-28-31-34-35-36-37-38-39-40-41-44-46-49-52-55-58-61-64-67-70-76(79)82-73-74(83-77(80)71-68-65-62-59-56-53-50-47-43-33-30-27-24-21-18-15-12-9-6-3)72-81-75(78)69-66-63-60-57-54-51-48-45-42-32-29-26-23-20-17-14-11-8-5-2/h8-9,11-12,17-18,20-22,25-27,29-31,34,36-37,42-43,45,47,53,56,74H,4-7,10,13-16,19,23-24,28,32-33,35,38-41,44,46,48-52,54-55,57-73H2,1-3H3/b11-8-,12-9-,20-17-,21-18-,25-22-,29-26-,30-27-,34-31-,37-36-,45-42-,47-43-,56-53-. The van der Waals surface area contributed by atoms with Crippen molar-refractivity contribution in [1.29, 1.82) is 0 Å². The summed E-state index contributed by atoms with van der Waals surface area (Å²) in [5.74, 6) is -0.946. The summed E-state index contributed by atoms with van der Waals surface area (Å²) < 4.78 is 16.9. The smallest absolute Gasteiger partial charge is 0.306 e. The molecule has 0 N–H and O–H groups in total. The van der Waals surface area contributed by atoms with E-state index in [1.807, 2.05) is 0 Å². The SMILES string of the molecule is CC/C=C\C/C=C\C/C=C\C/C=C\C/C=C\CCCCCC(=O)OC(COC(=O)CCCCCCCC/C=C\C/C=C\C/C=C\C/C=C\CC)COC(=O)CCCCCCCCCCCCCC/C=C\C/C=C\C/C=C\CCCCCCC. The third kappa shape index (κ3) is 68.0. The first kappa shape index (κ1) is 78.3. The molecule has 0 saturated carbocycles. The predicted molar refractivity (Wildman–Crippen MR) is 362 cm³/mol. The van der Waals surface area contributed by atoms with Crippen molar-refractivity contribution in [3.05, 3.63) is 146 Å². The lowest BCUT2D eigenvalue weighted by molar-refractivity contribution is -0.167. The Bertz CT molecular complexity index is 1800. The van der Waals surface area contributed by atoms with Crippen molar-refractivity contribution in [2.75, 3.05) is 13.2 Å². The third-order valence-electron chi connectivity index (χ3n) is 14.3. The minimum absolute atomic E-state index is 0.102. The monoisotopic (exact) mass is 1150 g/mol. The summed E-state index contributed by atoms with van der Waals surface area (Å²) in [5.41, 5.74) is 0. The van der Waals surface area contributed by atoms with Gasteiger partial charge >= 0.3 is 17.9 Å². The van der Waals surface area contributed by atoms with Gasteiger partial charge in [-0.15, -0.1) is 0 Å². The van der Waals surface area contributed by atoms with Crippen molar-refractivity contribution in [2.24, 2.45) is 0 Å². The molecular formula is C77H126O6. The van der Waals surface area contributed by atoms with E-state index in [4.69, 9.17) is 14.2 Å². The van der Waals surface area contributed by atoms with Crippen LogP contribution in [-0.4, -0.2) is 37.2 Å². The fourth-order valence-electron chi connectivity index (χ4n) is 9.23. The van der Waals surface area contributed by atoms with Crippen LogP contribution in [0.4, 0.5) is 0 Å². The highest BCUT2D eigenvalue weighted by Gasteiger charge is 2.19. The molecule has 0 rings (SSSR count). The van der Waals surface area contributed by atoms with E-state index in [0.717, 1.165) is 148 Å². The van der Waals surface area contributed by atoms with Crippen LogP contribution in [0.1, 0.15) is 303 Å². The number of carbonyl (C=O) groups excluding carboxylic acids is 3. The third-order valence-corrected chi connectivity index (χ3v) is 14.3. The summed E-state index contributed by atoms with van der Waals surface area (Å²) in [6.45, 7) is 6.38. The van der Waals surface area contributed by atoms with E-state index < -0.39 is 6.10 Å². The van der Waals surface area contributed by atoms with Gasteiger partial charge in [0.25, 0.3) is 0 Å². The first-order valence-electron chi connectivity index (χ1n) is 34.3. The van der Waals surface area contributed by atoms with E-state index in [2.05, 4.69) is 167 Å². The Labute approximate surface area is 512 Å². The molecule has 0 aliphatic rings. The molecule has 0 amide bonds. The molecule has 0 aromatic heterocycles. The van der Waals surface area contributed by atoms with Gasteiger partial charge in [0.1, 0.15) is 13.2 Å². The summed E-state index contributed by atoms with van der Waals surface area (Å²) >= 11 is 0. The molecule has 0 fully saturated rings. The first-order valence-corrected chi connectivity index (χ1v) is 34.3. The molecule has 0 aliphatic carbocycles. The second-order valence-corrected chi connectivity index (χ2v) is 22.3. The van der Waals surface area contributed by atoms with E-state index in [1.165, 1.54) is 116 Å². The van der Waals surface area contributed by atoms with Gasteiger partial charge < -0.3 is 14.2 Å². The van der Waals surface area contributed by atoms with Gasteiger partial charge in [0.05, 0.1) is 0 Å². The summed E-state index contributed by atoms with van der Waals surface area (Å²) in [4.78, 5) is 38.5. The Balaban J connectivity index is 4.43. The van der Waals surface area contributed by atoms with Gasteiger partial charge in [-0.1, -0.05) is 289 Å². The van der Waals surface area contributed by atoms with E-state index in [0.29, 0.717) is 12.8 Å². The molecule has 0 aromatic carbocycles. The highest BCUT2D eigenvalue weighted by Crippen LogP contribution is 2.16. The second-order valence-electron chi connectivity index (χ2n) is 22.3. The van der Waals surface area contributed by atoms with E-state index in [1.54, 1.807) is 0 Å². The quantitative estimate of drug-likeness (QED) is 0.0261. The fourth-order valence-corrected chi connectivity index (χ4v) is 9.23. The number of hydrogen-bond donors (Lipinski definition) is 0. The number of ether oxygens (including phenoxy) is 3. The van der Waals surface area contributed by atoms with Gasteiger partial charge in [0, 0.05) is 19.3 Å². The van der Waals surface area contributed by atoms with Crippen LogP contribution in [0.5, 0.6) is 0 Å². The maximum absolute atomic E-state index is 12.9. The summed E-state index contributed by atoms with van der Waals surface area (Å²) in [5, 5.41) is 0. The van der Waals surface area contributed by atoms with Crippen molar-refractivity contribution in [3.8, 4) is 0 Å². The van der Waals surface area contributed by atoms with Gasteiger partial charge in [-0.3, -0.25) is 14.4 Å². The number of allylic oxidation sites excluding steroid dienone is 24. The Morgan fingerprint density at radius 2 is 0.470 bits per heavy atom. The van der Waals surface area contributed by atoms with Crippen LogP contribution >= 0.6 is 0 Å². The molecular weight excluding hydrogens is 1020 g/mol. The number of rotatable bonds is 61. The van der Waals surface area contributed by atoms with Crippen LogP contribution in [0.2, 0.25) is 0 Å². The predicted octanol–water partition coefficient (Wildman–Crippen LogP) is 23.9. The minimum atomic E-state index is -0.811. The van der Waals surface area contributed by atoms with E-state index in [9.17, 15) is 14.4 Å². The Hall–Kier alpha value is -4.71. The average Bonchev–Trinajstić information content (AvgIpc) is 3.50. The molecule has 83 heavy (non-hydrogen) atoms. The van der Waals surface area contributed by atoms with Crippen molar-refractivity contribution in [2.45, 2.75) is 309 Å². The Morgan fingerprint density at radius 3 is 0.747 bits per heavy atom. The molecule has 0 bridgehead atoms. The number of unbranched alkanes of at least 4 members (excludes halogenated alkanes) is 26. The number of esters is 3. The summed E-state index contributed by atoms with van der Waals surface area (Å²) in [6.07, 6.45) is 100. The van der Waals surface area contributed by atoms with Gasteiger partial charge in [-0.2, -0.15) is 0 Å². The molecule has 6 heteroatoms. The minimum Gasteiger partial charge on any atom is -0.462 e. The Kier molecular flexibility index (Phi) is 65.8. The van der Waals surface area contributed by atoms with Crippen molar-refractivity contribution < 1.29 is 28.6 Å². The second kappa shape index (κ2) is 69.8. The molecule has 0 aliphatic heterocycles. The van der Waals surface area contributed by atoms with Crippen LogP contribution in [0, 0.1) is 0 Å².